The van der Waals surface area contributed by atoms with E-state index in [2.05, 4.69) is 5.10 Å². The number of amides is 1. The Morgan fingerprint density at radius 3 is 2.88 bits per heavy atom. The first-order valence-corrected chi connectivity index (χ1v) is 6.27. The number of aromatic nitrogens is 2. The lowest BCUT2D eigenvalue weighted by Gasteiger charge is -2.24. The van der Waals surface area contributed by atoms with Gasteiger partial charge in [-0.05, 0) is 25.7 Å². The summed E-state index contributed by atoms with van der Waals surface area (Å²) in [5.41, 5.74) is 6.99. The molecular formula is C12H18N4O. The van der Waals surface area contributed by atoms with Crippen LogP contribution < -0.4 is 10.6 Å². The molecule has 2 heterocycles. The van der Waals surface area contributed by atoms with Gasteiger partial charge in [-0.15, -0.1) is 0 Å². The zero-order valence-electron chi connectivity index (χ0n) is 10.1. The molecule has 3 rings (SSSR count). The molecule has 1 fully saturated rings. The van der Waals surface area contributed by atoms with Crippen LogP contribution in [0.1, 0.15) is 37.3 Å². The van der Waals surface area contributed by atoms with E-state index in [1.807, 2.05) is 10.7 Å². The van der Waals surface area contributed by atoms with Crippen molar-refractivity contribution in [2.45, 2.75) is 44.2 Å². The van der Waals surface area contributed by atoms with Crippen LogP contribution >= 0.6 is 0 Å². The highest BCUT2D eigenvalue weighted by Gasteiger charge is 2.30. The minimum Gasteiger partial charge on any atom is -0.320 e. The highest BCUT2D eigenvalue weighted by atomic mass is 16.2. The van der Waals surface area contributed by atoms with Crippen molar-refractivity contribution in [3.63, 3.8) is 0 Å². The largest absolute Gasteiger partial charge is 0.320 e. The lowest BCUT2D eigenvalue weighted by atomic mass is 10.1. The Hall–Kier alpha value is -1.36. The molecule has 0 radical (unpaired) electrons. The molecule has 2 aliphatic rings. The van der Waals surface area contributed by atoms with Crippen molar-refractivity contribution in [3.8, 4) is 0 Å². The molecule has 17 heavy (non-hydrogen) atoms. The van der Waals surface area contributed by atoms with Gasteiger partial charge in [-0.2, -0.15) is 5.10 Å². The number of nitrogens with two attached hydrogens (primary N) is 1. The Kier molecular flexibility index (Phi) is 2.43. The maximum Gasteiger partial charge on any atom is 0.244 e. The van der Waals surface area contributed by atoms with Gasteiger partial charge < -0.3 is 5.73 Å². The fourth-order valence-corrected chi connectivity index (χ4v) is 2.39. The Bertz CT molecular complexity index is 449. The van der Waals surface area contributed by atoms with Gasteiger partial charge in [0.15, 0.2) is 0 Å². The molecule has 0 aromatic carbocycles. The van der Waals surface area contributed by atoms with E-state index in [9.17, 15) is 4.79 Å². The van der Waals surface area contributed by atoms with Crippen LogP contribution in [0.2, 0.25) is 0 Å². The summed E-state index contributed by atoms with van der Waals surface area (Å²) in [6.45, 7) is 0.855. The van der Waals surface area contributed by atoms with Crippen LogP contribution in [0.15, 0.2) is 6.07 Å². The molecular weight excluding hydrogens is 216 g/mol. The van der Waals surface area contributed by atoms with Gasteiger partial charge in [-0.1, -0.05) is 0 Å². The smallest absolute Gasteiger partial charge is 0.244 e. The van der Waals surface area contributed by atoms with Crippen LogP contribution in [-0.4, -0.2) is 28.8 Å². The number of carbonyl (C=O) groups is 1. The van der Waals surface area contributed by atoms with E-state index in [0.717, 1.165) is 30.9 Å². The van der Waals surface area contributed by atoms with Crippen LogP contribution in [0.3, 0.4) is 0 Å². The van der Waals surface area contributed by atoms with Gasteiger partial charge in [0.05, 0.1) is 11.7 Å². The van der Waals surface area contributed by atoms with Crippen molar-refractivity contribution < 1.29 is 4.79 Å². The van der Waals surface area contributed by atoms with Crippen molar-refractivity contribution in [3.05, 3.63) is 11.8 Å². The molecule has 2 N–H and O–H groups in total. The lowest BCUT2D eigenvalue weighted by Crippen LogP contribution is -2.44. The van der Waals surface area contributed by atoms with E-state index in [4.69, 9.17) is 5.73 Å². The Morgan fingerprint density at radius 1 is 1.41 bits per heavy atom. The van der Waals surface area contributed by atoms with E-state index in [-0.39, 0.29) is 11.9 Å². The van der Waals surface area contributed by atoms with Crippen molar-refractivity contribution in [2.75, 3.05) is 11.9 Å². The second kappa shape index (κ2) is 3.84. The summed E-state index contributed by atoms with van der Waals surface area (Å²) in [6.07, 6.45) is 4.11. The van der Waals surface area contributed by atoms with Crippen molar-refractivity contribution in [2.24, 2.45) is 5.73 Å². The van der Waals surface area contributed by atoms with Gasteiger partial charge in [-0.3, -0.25) is 9.69 Å². The van der Waals surface area contributed by atoms with Crippen LogP contribution in [0, 0.1) is 0 Å². The summed E-state index contributed by atoms with van der Waals surface area (Å²) in [6, 6.07) is 1.68. The van der Waals surface area contributed by atoms with E-state index in [1.54, 1.807) is 11.9 Å². The topological polar surface area (TPSA) is 64.2 Å². The molecule has 1 amide bonds. The molecule has 92 valence electrons. The average molecular weight is 234 g/mol. The standard InChI is InChI=1S/C12H18N4O/c1-15-11-7-10(8-4-5-8)14-16(11)6-2-3-9(13)12(15)17/h7-9H,2-6,13H2,1H3. The molecule has 1 aliphatic heterocycles. The minimum atomic E-state index is -0.368. The molecule has 5 nitrogen and oxygen atoms in total. The first-order valence-electron chi connectivity index (χ1n) is 6.27. The van der Waals surface area contributed by atoms with Gasteiger partial charge in [-0.25, -0.2) is 4.68 Å². The molecule has 0 bridgehead atoms. The molecule has 0 spiro atoms. The van der Waals surface area contributed by atoms with Crippen molar-refractivity contribution >= 4 is 11.7 Å². The first-order chi connectivity index (χ1) is 8.16. The molecule has 1 unspecified atom stereocenters. The number of fused-ring (bicyclic) bond motifs is 1. The van der Waals surface area contributed by atoms with Crippen LogP contribution in [0.25, 0.3) is 0 Å². The Balaban J connectivity index is 1.96. The minimum absolute atomic E-state index is 0.00630. The summed E-state index contributed by atoms with van der Waals surface area (Å²) in [5, 5.41) is 4.61. The highest BCUT2D eigenvalue weighted by Crippen LogP contribution is 2.40. The molecule has 1 aromatic rings. The predicted molar refractivity (Wildman–Crippen MR) is 64.8 cm³/mol. The number of hydrogen-bond acceptors (Lipinski definition) is 3. The maximum absolute atomic E-state index is 12.0. The molecule has 1 atom stereocenters. The quantitative estimate of drug-likeness (QED) is 0.783. The lowest BCUT2D eigenvalue weighted by molar-refractivity contribution is -0.119. The van der Waals surface area contributed by atoms with Crippen LogP contribution in [0.5, 0.6) is 0 Å². The van der Waals surface area contributed by atoms with Gasteiger partial charge in [0.25, 0.3) is 0 Å². The highest BCUT2D eigenvalue weighted by molar-refractivity contribution is 5.96. The zero-order valence-corrected chi connectivity index (χ0v) is 10.1. The zero-order chi connectivity index (χ0) is 12.0. The molecule has 1 saturated carbocycles. The number of anilines is 1. The fourth-order valence-electron chi connectivity index (χ4n) is 2.39. The average Bonchev–Trinajstić information content (AvgIpc) is 3.08. The molecule has 1 aliphatic carbocycles. The number of likely N-dealkylation sites (N-methyl/N-ethyl adjacent to an activating group) is 1. The van der Waals surface area contributed by atoms with Gasteiger partial charge >= 0.3 is 0 Å². The number of nitrogens with zero attached hydrogens (tertiary/aromatic N) is 3. The van der Waals surface area contributed by atoms with Crippen molar-refractivity contribution in [1.29, 1.82) is 0 Å². The monoisotopic (exact) mass is 234 g/mol. The second-order valence-corrected chi connectivity index (χ2v) is 5.07. The summed E-state index contributed by atoms with van der Waals surface area (Å²) in [7, 11) is 1.79. The summed E-state index contributed by atoms with van der Waals surface area (Å²) < 4.78 is 1.96. The van der Waals surface area contributed by atoms with Gasteiger partial charge in [0.2, 0.25) is 5.91 Å². The summed E-state index contributed by atoms with van der Waals surface area (Å²) in [4.78, 5) is 13.7. The molecule has 0 saturated heterocycles. The van der Waals surface area contributed by atoms with E-state index in [1.165, 1.54) is 12.8 Å². The van der Waals surface area contributed by atoms with Crippen molar-refractivity contribution in [1.82, 2.24) is 9.78 Å². The van der Waals surface area contributed by atoms with Crippen LogP contribution in [-0.2, 0) is 11.3 Å². The Labute approximate surface area is 101 Å². The van der Waals surface area contributed by atoms with E-state index in [0.29, 0.717) is 5.92 Å². The fraction of sp³-hybridized carbons (Fsp3) is 0.667. The number of aryl methyl sites for hydroxylation is 1. The maximum atomic E-state index is 12.0. The summed E-state index contributed by atoms with van der Waals surface area (Å²) >= 11 is 0. The third-order valence-corrected chi connectivity index (χ3v) is 3.65. The number of rotatable bonds is 1. The first kappa shape index (κ1) is 10.8. The SMILES string of the molecule is CN1C(=O)C(N)CCCn2nc(C3CC3)cc21. The van der Waals surface area contributed by atoms with E-state index >= 15 is 0 Å². The van der Waals surface area contributed by atoms with Crippen LogP contribution in [0.4, 0.5) is 5.82 Å². The second-order valence-electron chi connectivity index (χ2n) is 5.07. The number of hydrogen-bond donors (Lipinski definition) is 1. The van der Waals surface area contributed by atoms with Gasteiger partial charge in [0.1, 0.15) is 5.82 Å². The van der Waals surface area contributed by atoms with Gasteiger partial charge in [0, 0.05) is 25.6 Å². The third kappa shape index (κ3) is 1.84. The summed E-state index contributed by atoms with van der Waals surface area (Å²) in [5.74, 6) is 1.51. The molecule has 5 heteroatoms. The normalized spacial score (nSPS) is 25.4. The van der Waals surface area contributed by atoms with E-state index < -0.39 is 0 Å². The predicted octanol–water partition coefficient (Wildman–Crippen LogP) is 0.844. The molecule has 1 aromatic heterocycles. The number of carbonyl (C=O) groups excluding carboxylic acids is 1. The Morgan fingerprint density at radius 2 is 2.18 bits per heavy atom. The third-order valence-electron chi connectivity index (χ3n) is 3.65.